The number of carbonyl (C=O) groups excluding carboxylic acids is 1. The summed E-state index contributed by atoms with van der Waals surface area (Å²) in [6.45, 7) is 8.55. The molecule has 0 bridgehead atoms. The van der Waals surface area contributed by atoms with Gasteiger partial charge >= 0.3 is 0 Å². The fourth-order valence-corrected chi connectivity index (χ4v) is 3.64. The van der Waals surface area contributed by atoms with Crippen molar-refractivity contribution in [2.75, 3.05) is 31.6 Å². The van der Waals surface area contributed by atoms with Crippen molar-refractivity contribution in [3.05, 3.63) is 53.6 Å². The second kappa shape index (κ2) is 11.6. The van der Waals surface area contributed by atoms with Crippen molar-refractivity contribution >= 4 is 11.6 Å². The fraction of sp³-hybridized carbons (Fsp3) is 0.480. The number of nitrogens with one attached hydrogen (secondary N) is 1. The van der Waals surface area contributed by atoms with Crippen LogP contribution < -0.4 is 14.8 Å². The van der Waals surface area contributed by atoms with Gasteiger partial charge in [-0.1, -0.05) is 31.9 Å². The summed E-state index contributed by atoms with van der Waals surface area (Å²) in [5, 5.41) is 2.98. The molecule has 5 heteroatoms. The minimum Gasteiger partial charge on any atom is -0.490 e. The number of hydrogen-bond donors (Lipinski definition) is 1. The van der Waals surface area contributed by atoms with E-state index in [-0.39, 0.29) is 5.91 Å². The molecule has 5 nitrogen and oxygen atoms in total. The van der Waals surface area contributed by atoms with Crippen LogP contribution in [0.3, 0.4) is 0 Å². The van der Waals surface area contributed by atoms with Gasteiger partial charge in [-0.05, 0) is 75.2 Å². The summed E-state index contributed by atoms with van der Waals surface area (Å²) < 4.78 is 11.5. The average Bonchev–Trinajstić information content (AvgIpc) is 2.77. The summed E-state index contributed by atoms with van der Waals surface area (Å²) in [6, 6.07) is 13.5. The zero-order chi connectivity index (χ0) is 21.2. The molecular weight excluding hydrogens is 376 g/mol. The molecule has 1 fully saturated rings. The number of likely N-dealkylation sites (tertiary alicyclic amines) is 1. The maximum atomic E-state index is 12.7. The number of hydrogen-bond acceptors (Lipinski definition) is 4. The van der Waals surface area contributed by atoms with E-state index < -0.39 is 0 Å². The van der Waals surface area contributed by atoms with E-state index in [2.05, 4.69) is 29.3 Å². The maximum Gasteiger partial charge on any atom is 0.255 e. The summed E-state index contributed by atoms with van der Waals surface area (Å²) >= 11 is 0. The van der Waals surface area contributed by atoms with E-state index in [0.29, 0.717) is 30.3 Å². The van der Waals surface area contributed by atoms with Crippen molar-refractivity contribution < 1.29 is 14.3 Å². The second-order valence-corrected chi connectivity index (χ2v) is 7.78. The zero-order valence-corrected chi connectivity index (χ0v) is 18.3. The predicted octanol–water partition coefficient (Wildman–Crippen LogP) is 5.50. The van der Waals surface area contributed by atoms with Gasteiger partial charge in [-0.3, -0.25) is 9.69 Å². The number of ether oxygens (including phenoxy) is 2. The molecule has 0 aromatic heterocycles. The molecule has 0 radical (unpaired) electrons. The van der Waals surface area contributed by atoms with Gasteiger partial charge in [0, 0.05) is 17.8 Å². The van der Waals surface area contributed by atoms with Crippen LogP contribution in [0, 0.1) is 0 Å². The number of carbonyl (C=O) groups is 1. The first-order valence-corrected chi connectivity index (χ1v) is 11.2. The first-order chi connectivity index (χ1) is 14.7. The molecule has 3 rings (SSSR count). The van der Waals surface area contributed by atoms with Crippen molar-refractivity contribution in [3.8, 4) is 11.5 Å². The minimum absolute atomic E-state index is 0.153. The Kier molecular flexibility index (Phi) is 8.57. The molecule has 30 heavy (non-hydrogen) atoms. The Hall–Kier alpha value is -2.53. The third kappa shape index (κ3) is 6.49. The summed E-state index contributed by atoms with van der Waals surface area (Å²) in [6.07, 6.45) is 5.99. The molecule has 1 aliphatic heterocycles. The second-order valence-electron chi connectivity index (χ2n) is 7.78. The van der Waals surface area contributed by atoms with Crippen molar-refractivity contribution in [1.82, 2.24) is 4.90 Å². The Labute approximate surface area is 180 Å². The molecule has 1 heterocycles. The molecule has 1 N–H and O–H groups in total. The third-order valence-electron chi connectivity index (χ3n) is 5.33. The summed E-state index contributed by atoms with van der Waals surface area (Å²) in [5.74, 6) is 1.14. The Morgan fingerprint density at radius 2 is 1.73 bits per heavy atom. The molecule has 2 aromatic rings. The molecule has 0 spiro atoms. The van der Waals surface area contributed by atoms with Gasteiger partial charge in [0.05, 0.1) is 13.2 Å². The zero-order valence-electron chi connectivity index (χ0n) is 18.3. The molecule has 162 valence electrons. The molecule has 0 aliphatic carbocycles. The van der Waals surface area contributed by atoms with E-state index in [1.165, 1.54) is 37.9 Å². The van der Waals surface area contributed by atoms with E-state index in [1.54, 1.807) is 12.1 Å². The molecule has 0 saturated carbocycles. The van der Waals surface area contributed by atoms with Crippen LogP contribution in [0.25, 0.3) is 0 Å². The van der Waals surface area contributed by atoms with Gasteiger partial charge in [0.1, 0.15) is 0 Å². The van der Waals surface area contributed by atoms with Crippen molar-refractivity contribution in [2.24, 2.45) is 0 Å². The van der Waals surface area contributed by atoms with E-state index in [4.69, 9.17) is 9.47 Å². The van der Waals surface area contributed by atoms with Gasteiger partial charge in [-0.15, -0.1) is 0 Å². The number of anilines is 1. The largest absolute Gasteiger partial charge is 0.490 e. The van der Waals surface area contributed by atoms with Crippen molar-refractivity contribution in [2.45, 2.75) is 52.5 Å². The standard InChI is InChI=1S/C25H34N2O3/c1-3-5-17-30-23-14-11-21(18-24(23)29-4-2)25(28)26-22-12-9-20(10-13-22)19-27-15-7-6-8-16-27/h9-14,18H,3-8,15-17,19H2,1-2H3,(H,26,28). The molecule has 0 unspecified atom stereocenters. The SMILES string of the molecule is CCCCOc1ccc(C(=O)Nc2ccc(CN3CCCCC3)cc2)cc1OCC. The number of unbranched alkanes of at least 4 members (excludes halogenated alkanes) is 1. The van der Waals surface area contributed by atoms with Crippen LogP contribution in [0.15, 0.2) is 42.5 Å². The highest BCUT2D eigenvalue weighted by atomic mass is 16.5. The number of nitrogens with zero attached hydrogens (tertiary/aromatic N) is 1. The lowest BCUT2D eigenvalue weighted by Crippen LogP contribution is -2.29. The highest BCUT2D eigenvalue weighted by molar-refractivity contribution is 6.04. The summed E-state index contributed by atoms with van der Waals surface area (Å²) in [7, 11) is 0. The molecular formula is C25H34N2O3. The normalized spacial score (nSPS) is 14.3. The maximum absolute atomic E-state index is 12.7. The Morgan fingerprint density at radius 1 is 0.967 bits per heavy atom. The monoisotopic (exact) mass is 410 g/mol. The van der Waals surface area contributed by atoms with Gasteiger partial charge in [0.2, 0.25) is 0 Å². The Bertz CT molecular complexity index is 799. The topological polar surface area (TPSA) is 50.8 Å². The minimum atomic E-state index is -0.153. The molecule has 0 atom stereocenters. The van der Waals surface area contributed by atoms with E-state index in [0.717, 1.165) is 25.1 Å². The highest BCUT2D eigenvalue weighted by Crippen LogP contribution is 2.29. The van der Waals surface area contributed by atoms with E-state index in [1.807, 2.05) is 25.1 Å². The number of amides is 1. The van der Waals surface area contributed by atoms with E-state index in [9.17, 15) is 4.79 Å². The number of benzene rings is 2. The van der Waals surface area contributed by atoms with Gasteiger partial charge in [-0.25, -0.2) is 0 Å². The highest BCUT2D eigenvalue weighted by Gasteiger charge is 2.13. The van der Waals surface area contributed by atoms with Crippen LogP contribution in [0.2, 0.25) is 0 Å². The van der Waals surface area contributed by atoms with Crippen LogP contribution in [0.4, 0.5) is 5.69 Å². The number of piperidine rings is 1. The molecule has 1 aliphatic rings. The predicted molar refractivity (Wildman–Crippen MR) is 122 cm³/mol. The molecule has 2 aromatic carbocycles. The third-order valence-corrected chi connectivity index (χ3v) is 5.33. The summed E-state index contributed by atoms with van der Waals surface area (Å²) in [5.41, 5.74) is 2.63. The lowest BCUT2D eigenvalue weighted by molar-refractivity contribution is 0.102. The Morgan fingerprint density at radius 3 is 2.43 bits per heavy atom. The smallest absolute Gasteiger partial charge is 0.255 e. The lowest BCUT2D eigenvalue weighted by Gasteiger charge is -2.26. The fourth-order valence-electron chi connectivity index (χ4n) is 3.64. The number of rotatable bonds is 10. The van der Waals surface area contributed by atoms with Gasteiger partial charge in [0.15, 0.2) is 11.5 Å². The van der Waals surface area contributed by atoms with Crippen molar-refractivity contribution in [1.29, 1.82) is 0 Å². The van der Waals surface area contributed by atoms with E-state index >= 15 is 0 Å². The van der Waals surface area contributed by atoms with Crippen LogP contribution in [-0.4, -0.2) is 37.1 Å². The lowest BCUT2D eigenvalue weighted by atomic mass is 10.1. The average molecular weight is 411 g/mol. The van der Waals surface area contributed by atoms with Gasteiger partial charge in [-0.2, -0.15) is 0 Å². The van der Waals surface area contributed by atoms with Crippen LogP contribution in [0.5, 0.6) is 11.5 Å². The van der Waals surface area contributed by atoms with Gasteiger partial charge < -0.3 is 14.8 Å². The van der Waals surface area contributed by atoms with Crippen LogP contribution in [-0.2, 0) is 6.54 Å². The summed E-state index contributed by atoms with van der Waals surface area (Å²) in [4.78, 5) is 15.2. The molecule has 1 saturated heterocycles. The first kappa shape index (κ1) is 22.2. The first-order valence-electron chi connectivity index (χ1n) is 11.2. The van der Waals surface area contributed by atoms with Gasteiger partial charge in [0.25, 0.3) is 5.91 Å². The quantitative estimate of drug-likeness (QED) is 0.525. The van der Waals surface area contributed by atoms with Crippen LogP contribution >= 0.6 is 0 Å². The van der Waals surface area contributed by atoms with Crippen LogP contribution in [0.1, 0.15) is 61.9 Å². The Balaban J connectivity index is 1.60. The van der Waals surface area contributed by atoms with Crippen molar-refractivity contribution in [3.63, 3.8) is 0 Å². The molecule has 1 amide bonds.